The maximum absolute atomic E-state index is 12.9. The largest absolute Gasteiger partial charge is 0.354 e. The van der Waals surface area contributed by atoms with E-state index in [0.717, 1.165) is 18.3 Å². The van der Waals surface area contributed by atoms with Gasteiger partial charge in [0.2, 0.25) is 5.91 Å². The molecular weight excluding hydrogens is 384 g/mol. The van der Waals surface area contributed by atoms with Gasteiger partial charge in [0, 0.05) is 50.4 Å². The predicted molar refractivity (Wildman–Crippen MR) is 98.7 cm³/mol. The van der Waals surface area contributed by atoms with Crippen molar-refractivity contribution in [3.05, 3.63) is 52.2 Å². The minimum Gasteiger partial charge on any atom is -0.354 e. The summed E-state index contributed by atoms with van der Waals surface area (Å²) in [4.78, 5) is 38.5. The summed E-state index contributed by atoms with van der Waals surface area (Å²) >= 11 is 0. The zero-order valence-corrected chi connectivity index (χ0v) is 15.8. The minimum atomic E-state index is -2.81. The van der Waals surface area contributed by atoms with Crippen molar-refractivity contribution in [3.8, 4) is 0 Å². The van der Waals surface area contributed by atoms with Crippen molar-refractivity contribution in [1.82, 2.24) is 24.6 Å². The number of carbonyl (C=O) groups is 2. The first kappa shape index (κ1) is 19.3. The lowest BCUT2D eigenvalue weighted by molar-refractivity contribution is -0.119. The molecular formula is C19H21F2N5O3. The van der Waals surface area contributed by atoms with Gasteiger partial charge in [-0.3, -0.25) is 14.4 Å². The molecule has 4 heterocycles. The predicted octanol–water partition coefficient (Wildman–Crippen LogP) is 1.38. The molecule has 2 aliphatic heterocycles. The van der Waals surface area contributed by atoms with Crippen molar-refractivity contribution in [2.24, 2.45) is 5.92 Å². The number of aromatic nitrogens is 3. The molecule has 2 aromatic heterocycles. The van der Waals surface area contributed by atoms with Crippen LogP contribution in [0, 0.1) is 5.92 Å². The van der Waals surface area contributed by atoms with Gasteiger partial charge in [-0.15, -0.1) is 0 Å². The second-order valence-electron chi connectivity index (χ2n) is 7.52. The molecule has 8 nitrogen and oxygen atoms in total. The lowest BCUT2D eigenvalue weighted by Gasteiger charge is -2.46. The highest BCUT2D eigenvalue weighted by atomic mass is 19.3. The van der Waals surface area contributed by atoms with Gasteiger partial charge in [0.1, 0.15) is 0 Å². The fraction of sp³-hybridized carbons (Fsp3) is 0.474. The molecule has 0 aromatic carbocycles. The molecule has 2 amide bonds. The van der Waals surface area contributed by atoms with Gasteiger partial charge < -0.3 is 14.8 Å². The Morgan fingerprint density at radius 1 is 1.28 bits per heavy atom. The molecule has 10 heteroatoms. The Labute approximate surface area is 165 Å². The maximum atomic E-state index is 12.9. The van der Waals surface area contributed by atoms with Crippen LogP contribution in [0.2, 0.25) is 0 Å². The van der Waals surface area contributed by atoms with Gasteiger partial charge in [-0.1, -0.05) is 6.07 Å². The first-order chi connectivity index (χ1) is 13.8. The number of carbonyl (C=O) groups excluding carboxylic acids is 2. The van der Waals surface area contributed by atoms with E-state index < -0.39 is 12.5 Å². The van der Waals surface area contributed by atoms with Crippen LogP contribution >= 0.6 is 0 Å². The molecule has 4 rings (SSSR count). The van der Waals surface area contributed by atoms with Crippen molar-refractivity contribution in [2.75, 3.05) is 19.6 Å². The highest BCUT2D eigenvalue weighted by molar-refractivity contribution is 5.92. The number of alkyl halides is 2. The summed E-state index contributed by atoms with van der Waals surface area (Å²) in [5.41, 5.74) is 0.650. The van der Waals surface area contributed by atoms with Crippen LogP contribution in [0.1, 0.15) is 48.0 Å². The number of fused-ring (bicyclic) bond motifs is 4. The summed E-state index contributed by atoms with van der Waals surface area (Å²) in [7, 11) is 0. The van der Waals surface area contributed by atoms with E-state index in [2.05, 4.69) is 10.4 Å². The van der Waals surface area contributed by atoms with Gasteiger partial charge in [-0.25, -0.2) is 4.68 Å². The van der Waals surface area contributed by atoms with Crippen molar-refractivity contribution in [3.63, 3.8) is 0 Å². The third kappa shape index (κ3) is 3.54. The van der Waals surface area contributed by atoms with E-state index in [9.17, 15) is 23.2 Å². The van der Waals surface area contributed by atoms with E-state index in [4.69, 9.17) is 0 Å². The summed E-state index contributed by atoms with van der Waals surface area (Å²) in [6.45, 7) is -0.366. The molecule has 1 fully saturated rings. The Bertz CT molecular complexity index is 1000. The van der Waals surface area contributed by atoms with Crippen LogP contribution in [0.25, 0.3) is 0 Å². The number of halogens is 2. The Morgan fingerprint density at radius 3 is 2.76 bits per heavy atom. The second-order valence-corrected chi connectivity index (χ2v) is 7.52. The molecule has 0 aliphatic carbocycles. The number of hydrogen-bond donors (Lipinski definition) is 1. The van der Waals surface area contributed by atoms with Gasteiger partial charge in [0.25, 0.3) is 11.5 Å². The monoisotopic (exact) mass is 405 g/mol. The number of piperidine rings is 1. The normalized spacial score (nSPS) is 23.0. The minimum absolute atomic E-state index is 0.0332. The first-order valence-electron chi connectivity index (χ1n) is 9.43. The van der Waals surface area contributed by atoms with Crippen molar-refractivity contribution < 1.29 is 18.4 Å². The van der Waals surface area contributed by atoms with Crippen LogP contribution in [0.5, 0.6) is 0 Å². The summed E-state index contributed by atoms with van der Waals surface area (Å²) in [6, 6.07) is 6.04. The molecule has 0 unspecified atom stereocenters. The van der Waals surface area contributed by atoms with Crippen LogP contribution < -0.4 is 10.9 Å². The van der Waals surface area contributed by atoms with Crippen LogP contribution in [-0.4, -0.2) is 50.7 Å². The Balaban J connectivity index is 1.64. The molecule has 2 aromatic rings. The Kier molecular flexibility index (Phi) is 4.93. The van der Waals surface area contributed by atoms with Crippen LogP contribution in [0.3, 0.4) is 0 Å². The van der Waals surface area contributed by atoms with Gasteiger partial charge in [-0.05, 0) is 24.5 Å². The molecule has 0 radical (unpaired) electrons. The van der Waals surface area contributed by atoms with E-state index in [0.29, 0.717) is 17.8 Å². The number of rotatable bonds is 4. The van der Waals surface area contributed by atoms with Crippen molar-refractivity contribution in [1.29, 1.82) is 0 Å². The number of likely N-dealkylation sites (tertiary alicyclic amines) is 1. The zero-order chi connectivity index (χ0) is 20.7. The van der Waals surface area contributed by atoms with Crippen molar-refractivity contribution in [2.45, 2.75) is 31.9 Å². The molecule has 2 bridgehead atoms. The summed E-state index contributed by atoms with van der Waals surface area (Å²) < 4.78 is 27.7. The summed E-state index contributed by atoms with van der Waals surface area (Å²) in [5, 5.41) is 6.46. The van der Waals surface area contributed by atoms with Crippen LogP contribution in [0.15, 0.2) is 35.3 Å². The third-order valence-corrected chi connectivity index (χ3v) is 5.67. The first-order valence-corrected chi connectivity index (χ1v) is 9.43. The molecule has 0 spiro atoms. The number of hydrogen-bond acceptors (Lipinski definition) is 4. The molecule has 2 aliphatic rings. The molecule has 1 N–H and O–H groups in total. The lowest BCUT2D eigenvalue weighted by atomic mass is 9.78. The van der Waals surface area contributed by atoms with E-state index in [1.165, 1.54) is 19.1 Å². The lowest BCUT2D eigenvalue weighted by Crippen LogP contribution is -2.53. The van der Waals surface area contributed by atoms with Crippen molar-refractivity contribution >= 4 is 11.8 Å². The molecule has 0 saturated carbocycles. The number of pyridine rings is 1. The van der Waals surface area contributed by atoms with Crippen LogP contribution in [-0.2, 0) is 4.79 Å². The topological polar surface area (TPSA) is 89.2 Å². The zero-order valence-electron chi connectivity index (χ0n) is 15.8. The average molecular weight is 405 g/mol. The van der Waals surface area contributed by atoms with E-state index in [-0.39, 0.29) is 41.6 Å². The summed E-state index contributed by atoms with van der Waals surface area (Å²) in [5.74, 6) is -0.699. The highest BCUT2D eigenvalue weighted by Gasteiger charge is 2.42. The third-order valence-electron chi connectivity index (χ3n) is 5.67. The number of nitrogens with one attached hydrogen (secondary N) is 1. The smallest absolute Gasteiger partial charge is 0.333 e. The number of amides is 2. The van der Waals surface area contributed by atoms with E-state index in [1.54, 1.807) is 15.5 Å². The van der Waals surface area contributed by atoms with E-state index in [1.807, 2.05) is 6.07 Å². The van der Waals surface area contributed by atoms with E-state index >= 15 is 0 Å². The van der Waals surface area contributed by atoms with Gasteiger partial charge in [-0.2, -0.15) is 13.9 Å². The van der Waals surface area contributed by atoms with Crippen LogP contribution in [0.4, 0.5) is 8.78 Å². The fourth-order valence-electron chi connectivity index (χ4n) is 4.44. The SMILES string of the molecule is CC(=O)NC[C@H]1[C@H]2C[C@H](CN(C(=O)c3ccn(C(F)F)n3)C2)c2cccc(=O)n21. The molecule has 154 valence electrons. The Morgan fingerprint density at radius 2 is 2.07 bits per heavy atom. The Hall–Kier alpha value is -3.04. The summed E-state index contributed by atoms with van der Waals surface area (Å²) in [6.07, 6.45) is 1.86. The fourth-order valence-corrected chi connectivity index (χ4v) is 4.44. The molecule has 3 atom stereocenters. The standard InChI is InChI=1S/C19H21F2N5O3/c1-11(27)22-8-16-13-7-12(15-3-2-4-17(28)26(15)16)9-24(10-13)18(29)14-5-6-25(23-14)19(20)21/h2-6,12-13,16,19H,7-10H2,1H3,(H,22,27)/t12-,13+,16+/m1/s1. The number of nitrogens with zero attached hydrogens (tertiary/aromatic N) is 4. The highest BCUT2D eigenvalue weighted by Crippen LogP contribution is 2.41. The van der Waals surface area contributed by atoms with Gasteiger partial charge in [0.15, 0.2) is 5.69 Å². The average Bonchev–Trinajstić information content (AvgIpc) is 3.18. The molecule has 1 saturated heterocycles. The van der Waals surface area contributed by atoms with Gasteiger partial charge in [0.05, 0.1) is 6.04 Å². The molecule has 29 heavy (non-hydrogen) atoms. The second kappa shape index (κ2) is 7.41. The quantitative estimate of drug-likeness (QED) is 0.832. The maximum Gasteiger partial charge on any atom is 0.333 e. The van der Waals surface area contributed by atoms with Gasteiger partial charge >= 0.3 is 6.55 Å².